The highest BCUT2D eigenvalue weighted by molar-refractivity contribution is 5.63. The fourth-order valence-corrected chi connectivity index (χ4v) is 2.72. The maximum Gasteiger partial charge on any atom is 0.119 e. The first kappa shape index (κ1) is 17.6. The Kier molecular flexibility index (Phi) is 4.89. The van der Waals surface area contributed by atoms with E-state index in [-0.39, 0.29) is 10.8 Å². The van der Waals surface area contributed by atoms with E-state index in [0.29, 0.717) is 0 Å². The average Bonchev–Trinajstić information content (AvgIpc) is 2.45. The van der Waals surface area contributed by atoms with Gasteiger partial charge in [-0.25, -0.2) is 0 Å². The Morgan fingerprint density at radius 3 is 1.96 bits per heavy atom. The fourth-order valence-electron chi connectivity index (χ4n) is 2.72. The molecule has 1 aromatic rings. The summed E-state index contributed by atoms with van der Waals surface area (Å²) in [4.78, 5) is 0. The molecule has 1 aliphatic carbocycles. The van der Waals surface area contributed by atoms with Crippen LogP contribution in [0, 0.1) is 10.8 Å². The summed E-state index contributed by atoms with van der Waals surface area (Å²) in [7, 11) is 1.71. The van der Waals surface area contributed by atoms with Gasteiger partial charge in [-0.2, -0.15) is 0 Å². The Labute approximate surface area is 141 Å². The molecular formula is C22H30O. The van der Waals surface area contributed by atoms with Crippen molar-refractivity contribution >= 4 is 6.08 Å². The molecule has 0 saturated carbocycles. The second kappa shape index (κ2) is 6.39. The summed E-state index contributed by atoms with van der Waals surface area (Å²) in [6.07, 6.45) is 8.03. The standard InChI is InChI=1S/C22H30O/c1-21(2,3)18-12-17(13-19(15-18)22(4,5)6)11-16-9-8-10-20(14-16)23-7/h8-14H,15H2,1-7H3. The van der Waals surface area contributed by atoms with Crippen LogP contribution in [0.1, 0.15) is 53.5 Å². The highest BCUT2D eigenvalue weighted by atomic mass is 16.5. The SMILES string of the molecule is COc1cccc(C=C2C=C(C(C)(C)C)CC(C(C)(C)C)=C2)c1. The lowest BCUT2D eigenvalue weighted by Crippen LogP contribution is -2.18. The van der Waals surface area contributed by atoms with Crippen molar-refractivity contribution in [1.29, 1.82) is 0 Å². The summed E-state index contributed by atoms with van der Waals surface area (Å²) in [5, 5.41) is 0. The van der Waals surface area contributed by atoms with Gasteiger partial charge in [0.25, 0.3) is 0 Å². The molecule has 0 heterocycles. The topological polar surface area (TPSA) is 9.23 Å². The van der Waals surface area contributed by atoms with Gasteiger partial charge in [-0.1, -0.05) is 77.0 Å². The van der Waals surface area contributed by atoms with E-state index in [1.54, 1.807) is 7.11 Å². The predicted molar refractivity (Wildman–Crippen MR) is 101 cm³/mol. The minimum atomic E-state index is 0.193. The second-order valence-electron chi connectivity index (χ2n) is 8.44. The van der Waals surface area contributed by atoms with E-state index < -0.39 is 0 Å². The van der Waals surface area contributed by atoms with Gasteiger partial charge < -0.3 is 4.74 Å². The minimum Gasteiger partial charge on any atom is -0.497 e. The first-order valence-electron chi connectivity index (χ1n) is 8.37. The number of hydrogen-bond acceptors (Lipinski definition) is 1. The molecule has 0 saturated heterocycles. The first-order valence-corrected chi connectivity index (χ1v) is 8.37. The van der Waals surface area contributed by atoms with E-state index in [1.165, 1.54) is 22.3 Å². The van der Waals surface area contributed by atoms with Crippen LogP contribution in [0.2, 0.25) is 0 Å². The molecule has 0 N–H and O–H groups in total. The van der Waals surface area contributed by atoms with E-state index in [1.807, 2.05) is 12.1 Å². The summed E-state index contributed by atoms with van der Waals surface area (Å²) < 4.78 is 5.33. The Balaban J connectivity index is 2.47. The molecule has 0 unspecified atom stereocenters. The lowest BCUT2D eigenvalue weighted by atomic mass is 9.72. The molecule has 0 aromatic heterocycles. The lowest BCUT2D eigenvalue weighted by Gasteiger charge is -2.33. The van der Waals surface area contributed by atoms with E-state index >= 15 is 0 Å². The number of methoxy groups -OCH3 is 1. The van der Waals surface area contributed by atoms with Crippen LogP contribution in [0.25, 0.3) is 6.08 Å². The van der Waals surface area contributed by atoms with Crippen LogP contribution in [0.5, 0.6) is 5.75 Å². The molecule has 23 heavy (non-hydrogen) atoms. The van der Waals surface area contributed by atoms with E-state index in [0.717, 1.165) is 12.2 Å². The maximum atomic E-state index is 5.33. The van der Waals surface area contributed by atoms with Gasteiger partial charge in [0.1, 0.15) is 5.75 Å². The number of rotatable bonds is 2. The van der Waals surface area contributed by atoms with Crippen molar-refractivity contribution in [2.75, 3.05) is 7.11 Å². The largest absolute Gasteiger partial charge is 0.497 e. The molecule has 0 fully saturated rings. The summed E-state index contributed by atoms with van der Waals surface area (Å²) in [6.45, 7) is 13.8. The Hall–Kier alpha value is -1.76. The van der Waals surface area contributed by atoms with Crippen LogP contribution in [0.4, 0.5) is 0 Å². The molecule has 124 valence electrons. The van der Waals surface area contributed by atoms with Crippen molar-refractivity contribution in [2.24, 2.45) is 10.8 Å². The van der Waals surface area contributed by atoms with Crippen LogP contribution in [-0.2, 0) is 0 Å². The van der Waals surface area contributed by atoms with Crippen LogP contribution in [0.3, 0.4) is 0 Å². The number of benzene rings is 1. The Bertz CT molecular complexity index is 626. The highest BCUT2D eigenvalue weighted by Gasteiger charge is 2.26. The van der Waals surface area contributed by atoms with Gasteiger partial charge in [0.15, 0.2) is 0 Å². The van der Waals surface area contributed by atoms with E-state index in [9.17, 15) is 0 Å². The summed E-state index contributed by atoms with van der Waals surface area (Å²) in [6, 6.07) is 8.22. The number of hydrogen-bond donors (Lipinski definition) is 0. The zero-order chi connectivity index (χ0) is 17.3. The van der Waals surface area contributed by atoms with Gasteiger partial charge in [0.2, 0.25) is 0 Å². The highest BCUT2D eigenvalue weighted by Crippen LogP contribution is 2.41. The Morgan fingerprint density at radius 1 is 0.913 bits per heavy atom. The van der Waals surface area contributed by atoms with Crippen molar-refractivity contribution in [2.45, 2.75) is 48.0 Å². The predicted octanol–water partition coefficient (Wildman–Crippen LogP) is 6.43. The molecule has 0 atom stereocenters. The van der Waals surface area contributed by atoms with Crippen molar-refractivity contribution in [3.63, 3.8) is 0 Å². The monoisotopic (exact) mass is 310 g/mol. The molecule has 0 amide bonds. The van der Waals surface area contributed by atoms with Gasteiger partial charge in [0, 0.05) is 0 Å². The minimum absolute atomic E-state index is 0.193. The average molecular weight is 310 g/mol. The molecule has 0 aliphatic heterocycles. The van der Waals surface area contributed by atoms with Crippen molar-refractivity contribution < 1.29 is 4.74 Å². The van der Waals surface area contributed by atoms with Gasteiger partial charge >= 0.3 is 0 Å². The van der Waals surface area contributed by atoms with Crippen molar-refractivity contribution in [3.8, 4) is 5.75 Å². The molecule has 0 radical (unpaired) electrons. The molecule has 0 spiro atoms. The second-order valence-corrected chi connectivity index (χ2v) is 8.44. The van der Waals surface area contributed by atoms with Crippen molar-refractivity contribution in [3.05, 3.63) is 58.7 Å². The lowest BCUT2D eigenvalue weighted by molar-refractivity contribution is 0.414. The number of allylic oxidation sites excluding steroid dienone is 5. The fraction of sp³-hybridized carbons (Fsp3) is 0.455. The molecule has 1 nitrogen and oxygen atoms in total. The quantitative estimate of drug-likeness (QED) is 0.611. The van der Waals surface area contributed by atoms with E-state index in [2.05, 4.69) is 71.9 Å². The normalized spacial score (nSPS) is 15.9. The first-order chi connectivity index (χ1) is 10.6. The molecule has 1 heteroatoms. The van der Waals surface area contributed by atoms with E-state index in [4.69, 9.17) is 4.74 Å². The van der Waals surface area contributed by atoms with Gasteiger partial charge in [-0.15, -0.1) is 0 Å². The smallest absolute Gasteiger partial charge is 0.119 e. The van der Waals surface area contributed by atoms with Crippen LogP contribution >= 0.6 is 0 Å². The molecule has 2 rings (SSSR count). The summed E-state index contributed by atoms with van der Waals surface area (Å²) >= 11 is 0. The van der Waals surface area contributed by atoms with Gasteiger partial charge in [0.05, 0.1) is 7.11 Å². The van der Waals surface area contributed by atoms with Crippen LogP contribution in [0.15, 0.2) is 53.1 Å². The zero-order valence-electron chi connectivity index (χ0n) is 15.7. The summed E-state index contributed by atoms with van der Waals surface area (Å²) in [5.41, 5.74) is 5.84. The third-order valence-corrected chi connectivity index (χ3v) is 4.42. The van der Waals surface area contributed by atoms with Crippen LogP contribution < -0.4 is 4.74 Å². The summed E-state index contributed by atoms with van der Waals surface area (Å²) in [5.74, 6) is 0.898. The molecule has 0 bridgehead atoms. The molecule has 1 aromatic carbocycles. The Morgan fingerprint density at radius 2 is 1.48 bits per heavy atom. The van der Waals surface area contributed by atoms with Gasteiger partial charge in [-0.05, 0) is 46.6 Å². The zero-order valence-corrected chi connectivity index (χ0v) is 15.7. The number of ether oxygens (including phenoxy) is 1. The van der Waals surface area contributed by atoms with Crippen molar-refractivity contribution in [1.82, 2.24) is 0 Å². The maximum absolute atomic E-state index is 5.33. The van der Waals surface area contributed by atoms with Gasteiger partial charge in [-0.3, -0.25) is 0 Å². The molecular weight excluding hydrogens is 280 g/mol. The third-order valence-electron chi connectivity index (χ3n) is 4.42. The van der Waals surface area contributed by atoms with Crippen LogP contribution in [-0.4, -0.2) is 7.11 Å². The molecule has 1 aliphatic rings. The third kappa shape index (κ3) is 4.60.